The molecule has 0 saturated carbocycles. The fraction of sp³-hybridized carbons (Fsp3) is 0.455. The van der Waals surface area contributed by atoms with E-state index in [0.717, 1.165) is 15.3 Å². The number of sulfone groups is 1. The third-order valence-electron chi connectivity index (χ3n) is 2.77. The molecule has 0 saturated heterocycles. The van der Waals surface area contributed by atoms with Gasteiger partial charge in [-0.1, -0.05) is 0 Å². The SMILES string of the molecule is Cc1sc2ncnc(S(=O)(=O)CCCCl)c2c1C. The highest BCUT2D eigenvalue weighted by Crippen LogP contribution is 2.32. The highest BCUT2D eigenvalue weighted by Gasteiger charge is 2.22. The number of thiophene rings is 1. The van der Waals surface area contributed by atoms with Gasteiger partial charge in [-0.2, -0.15) is 0 Å². The molecule has 0 fully saturated rings. The minimum atomic E-state index is -3.39. The van der Waals surface area contributed by atoms with E-state index in [-0.39, 0.29) is 10.8 Å². The van der Waals surface area contributed by atoms with Gasteiger partial charge in [0.15, 0.2) is 14.9 Å². The summed E-state index contributed by atoms with van der Waals surface area (Å²) in [6, 6.07) is 0. The van der Waals surface area contributed by atoms with Crippen LogP contribution in [0.3, 0.4) is 0 Å². The number of hydrogen-bond donors (Lipinski definition) is 0. The monoisotopic (exact) mass is 304 g/mol. The van der Waals surface area contributed by atoms with Gasteiger partial charge in [0.25, 0.3) is 0 Å². The second kappa shape index (κ2) is 5.11. The number of alkyl halides is 1. The Hall–Kier alpha value is -0.720. The van der Waals surface area contributed by atoms with Gasteiger partial charge in [0.05, 0.1) is 11.1 Å². The first kappa shape index (κ1) is 13.7. The average molecular weight is 305 g/mol. The van der Waals surface area contributed by atoms with E-state index in [0.29, 0.717) is 17.7 Å². The van der Waals surface area contributed by atoms with E-state index in [1.54, 1.807) is 0 Å². The Morgan fingerprint density at radius 3 is 2.72 bits per heavy atom. The van der Waals surface area contributed by atoms with Gasteiger partial charge in [-0.05, 0) is 25.8 Å². The number of nitrogens with zero attached hydrogens (tertiary/aromatic N) is 2. The van der Waals surface area contributed by atoms with Crippen molar-refractivity contribution in [2.24, 2.45) is 0 Å². The zero-order valence-electron chi connectivity index (χ0n) is 10.1. The second-order valence-electron chi connectivity index (χ2n) is 4.00. The number of rotatable bonds is 4. The summed E-state index contributed by atoms with van der Waals surface area (Å²) in [6.45, 7) is 3.86. The summed E-state index contributed by atoms with van der Waals surface area (Å²) < 4.78 is 24.4. The fourth-order valence-electron chi connectivity index (χ4n) is 1.73. The number of aromatic nitrogens is 2. The molecule has 0 unspecified atom stereocenters. The lowest BCUT2D eigenvalue weighted by molar-refractivity contribution is 0.592. The summed E-state index contributed by atoms with van der Waals surface area (Å²) in [5.41, 5.74) is 0.944. The van der Waals surface area contributed by atoms with Crippen LogP contribution in [0.5, 0.6) is 0 Å². The maximum absolute atomic E-state index is 12.2. The van der Waals surface area contributed by atoms with Crippen molar-refractivity contribution in [1.29, 1.82) is 0 Å². The van der Waals surface area contributed by atoms with Crippen LogP contribution in [0.15, 0.2) is 11.4 Å². The van der Waals surface area contributed by atoms with Crippen LogP contribution in [0, 0.1) is 13.8 Å². The van der Waals surface area contributed by atoms with E-state index >= 15 is 0 Å². The Bertz CT molecular complexity index is 680. The van der Waals surface area contributed by atoms with Gasteiger partial charge in [0.1, 0.15) is 11.2 Å². The molecule has 18 heavy (non-hydrogen) atoms. The van der Waals surface area contributed by atoms with Crippen LogP contribution in [0.1, 0.15) is 16.9 Å². The third-order valence-corrected chi connectivity index (χ3v) is 5.88. The van der Waals surface area contributed by atoms with Gasteiger partial charge in [0, 0.05) is 10.8 Å². The number of hydrogen-bond acceptors (Lipinski definition) is 5. The predicted octanol–water partition coefficient (Wildman–Crippen LogP) is 2.71. The van der Waals surface area contributed by atoms with Gasteiger partial charge >= 0.3 is 0 Å². The summed E-state index contributed by atoms with van der Waals surface area (Å²) in [4.78, 5) is 9.90. The molecule has 0 aliphatic carbocycles. The van der Waals surface area contributed by atoms with Gasteiger partial charge in [-0.15, -0.1) is 22.9 Å². The standard InChI is InChI=1S/C11H13ClN2O2S2/c1-7-8(2)17-10-9(7)11(14-6-13-10)18(15,16)5-3-4-12/h6H,3-5H2,1-2H3. The van der Waals surface area contributed by atoms with Crippen LogP contribution in [-0.4, -0.2) is 30.0 Å². The first-order chi connectivity index (χ1) is 8.47. The van der Waals surface area contributed by atoms with Crippen LogP contribution in [0.4, 0.5) is 0 Å². The molecule has 0 aromatic carbocycles. The Balaban J connectivity index is 2.64. The molecule has 0 atom stereocenters. The van der Waals surface area contributed by atoms with E-state index in [1.807, 2.05) is 13.8 Å². The van der Waals surface area contributed by atoms with Crippen LogP contribution in [0.2, 0.25) is 0 Å². The highest BCUT2D eigenvalue weighted by atomic mass is 35.5. The fourth-order valence-corrected chi connectivity index (χ4v) is 4.57. The summed E-state index contributed by atoms with van der Waals surface area (Å²) in [7, 11) is -3.39. The van der Waals surface area contributed by atoms with Crippen LogP contribution < -0.4 is 0 Å². The molecule has 2 aromatic rings. The van der Waals surface area contributed by atoms with Crippen molar-refractivity contribution in [3.63, 3.8) is 0 Å². The van der Waals surface area contributed by atoms with Crippen molar-refractivity contribution in [2.75, 3.05) is 11.6 Å². The molecule has 0 aliphatic rings. The molecule has 0 spiro atoms. The maximum atomic E-state index is 12.2. The molecule has 7 heteroatoms. The lowest BCUT2D eigenvalue weighted by Gasteiger charge is -2.04. The first-order valence-electron chi connectivity index (χ1n) is 5.47. The quantitative estimate of drug-likeness (QED) is 0.643. The van der Waals surface area contributed by atoms with Crippen LogP contribution in [-0.2, 0) is 9.84 Å². The molecule has 2 aromatic heterocycles. The number of fused-ring (bicyclic) bond motifs is 1. The van der Waals surface area contributed by atoms with E-state index in [4.69, 9.17) is 11.6 Å². The summed E-state index contributed by atoms with van der Waals surface area (Å²) in [5, 5.41) is 0.800. The topological polar surface area (TPSA) is 59.9 Å². The zero-order valence-corrected chi connectivity index (χ0v) is 12.5. The van der Waals surface area contributed by atoms with Gasteiger partial charge in [-0.3, -0.25) is 0 Å². The Morgan fingerprint density at radius 2 is 2.06 bits per heavy atom. The minimum absolute atomic E-state index is 0.0247. The summed E-state index contributed by atoms with van der Waals surface area (Å²) in [6.07, 6.45) is 1.74. The van der Waals surface area contributed by atoms with E-state index in [9.17, 15) is 8.42 Å². The average Bonchev–Trinajstić information content (AvgIpc) is 2.63. The summed E-state index contributed by atoms with van der Waals surface area (Å²) in [5.74, 6) is 0.353. The van der Waals surface area contributed by atoms with E-state index in [1.165, 1.54) is 17.7 Å². The molecular weight excluding hydrogens is 292 g/mol. The van der Waals surface area contributed by atoms with Crippen LogP contribution in [0.25, 0.3) is 10.2 Å². The van der Waals surface area contributed by atoms with Crippen molar-refractivity contribution < 1.29 is 8.42 Å². The van der Waals surface area contributed by atoms with Crippen LogP contribution >= 0.6 is 22.9 Å². The Labute approximate surface area is 115 Å². The largest absolute Gasteiger partial charge is 0.225 e. The first-order valence-corrected chi connectivity index (χ1v) is 8.47. The van der Waals surface area contributed by atoms with E-state index in [2.05, 4.69) is 9.97 Å². The Morgan fingerprint density at radius 1 is 1.33 bits per heavy atom. The summed E-state index contributed by atoms with van der Waals surface area (Å²) >= 11 is 7.04. The maximum Gasteiger partial charge on any atom is 0.196 e. The zero-order chi connectivity index (χ0) is 13.3. The van der Waals surface area contributed by atoms with Gasteiger partial charge < -0.3 is 0 Å². The predicted molar refractivity (Wildman–Crippen MR) is 74.3 cm³/mol. The molecule has 98 valence electrons. The second-order valence-corrected chi connectivity index (χ2v) is 7.61. The van der Waals surface area contributed by atoms with Gasteiger partial charge in [0.2, 0.25) is 0 Å². The Kier molecular flexibility index (Phi) is 3.89. The lowest BCUT2D eigenvalue weighted by atomic mass is 10.2. The van der Waals surface area contributed by atoms with E-state index < -0.39 is 9.84 Å². The van der Waals surface area contributed by atoms with Gasteiger partial charge in [-0.25, -0.2) is 18.4 Å². The molecule has 0 amide bonds. The smallest absolute Gasteiger partial charge is 0.196 e. The molecule has 0 aliphatic heterocycles. The van der Waals surface area contributed by atoms with Crippen molar-refractivity contribution in [1.82, 2.24) is 9.97 Å². The van der Waals surface area contributed by atoms with Crippen molar-refractivity contribution >= 4 is 43.0 Å². The van der Waals surface area contributed by atoms with Crippen molar-refractivity contribution in [3.8, 4) is 0 Å². The number of halogens is 1. The lowest BCUT2D eigenvalue weighted by Crippen LogP contribution is -2.10. The molecule has 0 N–H and O–H groups in total. The molecule has 2 rings (SSSR count). The molecule has 2 heterocycles. The molecule has 4 nitrogen and oxygen atoms in total. The highest BCUT2D eigenvalue weighted by molar-refractivity contribution is 7.91. The molecule has 0 bridgehead atoms. The minimum Gasteiger partial charge on any atom is -0.225 e. The normalized spacial score (nSPS) is 12.2. The molecular formula is C11H13ClN2O2S2. The number of aryl methyl sites for hydroxylation is 2. The van der Waals surface area contributed by atoms with Crippen molar-refractivity contribution in [2.45, 2.75) is 25.3 Å². The molecule has 0 radical (unpaired) electrons. The third kappa shape index (κ3) is 2.37. The van der Waals surface area contributed by atoms with Crippen molar-refractivity contribution in [3.05, 3.63) is 16.8 Å².